The fraction of sp³-hybridized carbons (Fsp3) is 0.281. The van der Waals surface area contributed by atoms with Gasteiger partial charge in [0.2, 0.25) is 12.4 Å². The molecule has 0 unspecified atom stereocenters. The molecule has 0 saturated carbocycles. The quantitative estimate of drug-likeness (QED) is 0.125. The van der Waals surface area contributed by atoms with E-state index in [9.17, 15) is 22.8 Å². The number of halogens is 3. The number of rotatable bonds is 10. The van der Waals surface area contributed by atoms with Crippen LogP contribution in [-0.2, 0) is 11.2 Å². The Morgan fingerprint density at radius 1 is 1.09 bits per heavy atom. The van der Waals surface area contributed by atoms with E-state index in [0.29, 0.717) is 43.1 Å². The molecular formula is C32H34F3N7O3. The minimum Gasteiger partial charge on any atom is -0.406 e. The minimum absolute atomic E-state index is 0.138. The van der Waals surface area contributed by atoms with Crippen LogP contribution in [0.1, 0.15) is 43.4 Å². The Hall–Kier alpha value is -5.20. The standard InChI is InChI=1S/C32H34F3N7O3/c1-5-36-30(41(20-43)28-18-22(4)6-15-27(28)21(2)3)39-31(44)37-17-16-23-7-9-24(10-8-23)29-38-19-42(40-29)25-11-13-26(14-12-25)45-32(33,34)35/h6-15,18-21H,5,16-17H2,1-4H3,(H2,36,37,39,44). The van der Waals surface area contributed by atoms with E-state index in [4.69, 9.17) is 0 Å². The molecule has 1 heterocycles. The van der Waals surface area contributed by atoms with Crippen molar-refractivity contribution in [3.8, 4) is 22.8 Å². The number of nitrogens with zero attached hydrogens (tertiary/aromatic N) is 5. The number of hydrogen-bond donors (Lipinski definition) is 2. The Balaban J connectivity index is 1.33. The summed E-state index contributed by atoms with van der Waals surface area (Å²) in [6, 6.07) is 18.1. The van der Waals surface area contributed by atoms with Crippen molar-refractivity contribution in [3.63, 3.8) is 0 Å². The summed E-state index contributed by atoms with van der Waals surface area (Å²) in [5.74, 6) is 0.403. The summed E-state index contributed by atoms with van der Waals surface area (Å²) < 4.78 is 42.6. The van der Waals surface area contributed by atoms with Crippen molar-refractivity contribution in [1.82, 2.24) is 25.4 Å². The third-order valence-electron chi connectivity index (χ3n) is 6.67. The second kappa shape index (κ2) is 14.5. The molecule has 0 spiro atoms. The first-order chi connectivity index (χ1) is 21.5. The normalized spacial score (nSPS) is 11.8. The topological polar surface area (TPSA) is 114 Å². The van der Waals surface area contributed by atoms with E-state index < -0.39 is 12.4 Å². The Bertz CT molecular complexity index is 1630. The largest absolute Gasteiger partial charge is 0.573 e. The summed E-state index contributed by atoms with van der Waals surface area (Å²) in [6.45, 7) is 8.52. The highest BCUT2D eigenvalue weighted by atomic mass is 19.4. The highest BCUT2D eigenvalue weighted by Crippen LogP contribution is 2.28. The fourth-order valence-corrected chi connectivity index (χ4v) is 4.50. The zero-order valence-electron chi connectivity index (χ0n) is 25.3. The first-order valence-corrected chi connectivity index (χ1v) is 14.3. The number of urea groups is 1. The van der Waals surface area contributed by atoms with E-state index in [0.717, 1.165) is 22.3 Å². The smallest absolute Gasteiger partial charge is 0.406 e. The second-order valence-corrected chi connectivity index (χ2v) is 10.4. The average molecular weight is 622 g/mol. The molecule has 0 aliphatic heterocycles. The third-order valence-corrected chi connectivity index (χ3v) is 6.67. The fourth-order valence-electron chi connectivity index (χ4n) is 4.50. The van der Waals surface area contributed by atoms with Crippen LogP contribution in [0.4, 0.5) is 23.7 Å². The number of carbonyl (C=O) groups is 2. The van der Waals surface area contributed by atoms with Gasteiger partial charge in [-0.2, -0.15) is 0 Å². The lowest BCUT2D eigenvalue weighted by atomic mass is 9.99. The van der Waals surface area contributed by atoms with Crippen LogP contribution in [0, 0.1) is 6.92 Å². The van der Waals surface area contributed by atoms with Crippen molar-refractivity contribution < 1.29 is 27.5 Å². The summed E-state index contributed by atoms with van der Waals surface area (Å²) in [6.07, 6.45) is -2.11. The minimum atomic E-state index is -4.76. The van der Waals surface area contributed by atoms with Crippen LogP contribution in [-0.4, -0.2) is 52.6 Å². The van der Waals surface area contributed by atoms with Crippen molar-refractivity contribution in [2.24, 2.45) is 4.99 Å². The van der Waals surface area contributed by atoms with Crippen molar-refractivity contribution >= 4 is 24.1 Å². The van der Waals surface area contributed by atoms with Gasteiger partial charge < -0.3 is 10.1 Å². The van der Waals surface area contributed by atoms with Gasteiger partial charge in [0.1, 0.15) is 12.1 Å². The number of ether oxygens (including phenoxy) is 1. The predicted molar refractivity (Wildman–Crippen MR) is 166 cm³/mol. The van der Waals surface area contributed by atoms with E-state index in [1.54, 1.807) is 0 Å². The summed E-state index contributed by atoms with van der Waals surface area (Å²) in [4.78, 5) is 35.0. The van der Waals surface area contributed by atoms with Gasteiger partial charge in [0.05, 0.1) is 11.4 Å². The number of aryl methyl sites for hydroxylation is 1. The van der Waals surface area contributed by atoms with E-state index in [1.165, 1.54) is 40.2 Å². The molecule has 0 fully saturated rings. The molecule has 0 radical (unpaired) electrons. The Labute approximate surface area is 258 Å². The van der Waals surface area contributed by atoms with Crippen LogP contribution >= 0.6 is 0 Å². The lowest BCUT2D eigenvalue weighted by Crippen LogP contribution is -2.48. The molecule has 3 aromatic carbocycles. The number of amides is 3. The molecule has 2 N–H and O–H groups in total. The molecule has 0 atom stereocenters. The van der Waals surface area contributed by atoms with Crippen molar-refractivity contribution in [2.75, 3.05) is 18.0 Å². The SMILES string of the molecule is CCN=C(NC(=O)NCCc1ccc(-c2ncn(-c3ccc(OC(F)(F)F)cc3)n2)cc1)N(C=O)c1cc(C)ccc1C(C)C. The lowest BCUT2D eigenvalue weighted by molar-refractivity contribution is -0.274. The van der Waals surface area contributed by atoms with E-state index in [2.05, 4.69) is 30.4 Å². The molecule has 10 nitrogen and oxygen atoms in total. The van der Waals surface area contributed by atoms with Gasteiger partial charge in [-0.15, -0.1) is 18.3 Å². The second-order valence-electron chi connectivity index (χ2n) is 10.4. The van der Waals surface area contributed by atoms with Crippen molar-refractivity contribution in [1.29, 1.82) is 0 Å². The summed E-state index contributed by atoms with van der Waals surface area (Å²) >= 11 is 0. The predicted octanol–water partition coefficient (Wildman–Crippen LogP) is 6.15. The number of carbonyl (C=O) groups excluding carboxylic acids is 2. The maximum absolute atomic E-state index is 12.8. The van der Waals surface area contributed by atoms with Crippen molar-refractivity contribution in [3.05, 3.63) is 89.7 Å². The van der Waals surface area contributed by atoms with Gasteiger partial charge in [-0.25, -0.2) is 14.5 Å². The summed E-state index contributed by atoms with van der Waals surface area (Å²) in [5, 5.41) is 9.94. The number of guanidine groups is 1. The first-order valence-electron chi connectivity index (χ1n) is 14.3. The van der Waals surface area contributed by atoms with Crippen LogP contribution in [0.5, 0.6) is 5.75 Å². The molecule has 0 saturated heterocycles. The third kappa shape index (κ3) is 8.91. The van der Waals surface area contributed by atoms with E-state index in [-0.39, 0.29) is 17.6 Å². The molecule has 13 heteroatoms. The Morgan fingerprint density at radius 2 is 1.80 bits per heavy atom. The molecule has 0 aliphatic carbocycles. The zero-order chi connectivity index (χ0) is 32.6. The summed E-state index contributed by atoms with van der Waals surface area (Å²) in [5.41, 5.74) is 4.82. The van der Waals surface area contributed by atoms with Crippen LogP contribution in [0.15, 0.2) is 78.0 Å². The van der Waals surface area contributed by atoms with Gasteiger partial charge in [-0.05, 0) is 73.2 Å². The molecule has 236 valence electrons. The van der Waals surface area contributed by atoms with Gasteiger partial charge in [0, 0.05) is 18.7 Å². The highest BCUT2D eigenvalue weighted by molar-refractivity contribution is 6.14. The molecule has 0 bridgehead atoms. The van der Waals surface area contributed by atoms with Crippen LogP contribution in [0.2, 0.25) is 0 Å². The molecule has 45 heavy (non-hydrogen) atoms. The number of benzene rings is 3. The average Bonchev–Trinajstić information content (AvgIpc) is 3.48. The van der Waals surface area contributed by atoms with Gasteiger partial charge in [-0.1, -0.05) is 50.2 Å². The maximum atomic E-state index is 12.8. The van der Waals surface area contributed by atoms with Gasteiger partial charge in [-0.3, -0.25) is 20.0 Å². The van der Waals surface area contributed by atoms with E-state index in [1.807, 2.05) is 70.2 Å². The number of aliphatic imine (C=N–C) groups is 1. The molecule has 3 amide bonds. The van der Waals surface area contributed by atoms with Crippen LogP contribution in [0.25, 0.3) is 17.1 Å². The molecule has 0 aliphatic rings. The summed E-state index contributed by atoms with van der Waals surface area (Å²) in [7, 11) is 0. The number of aromatic nitrogens is 3. The Kier molecular flexibility index (Phi) is 10.6. The molecule has 4 aromatic rings. The number of nitrogens with one attached hydrogen (secondary N) is 2. The molecular weight excluding hydrogens is 587 g/mol. The number of hydrogen-bond acceptors (Lipinski definition) is 6. The maximum Gasteiger partial charge on any atom is 0.573 e. The highest BCUT2D eigenvalue weighted by Gasteiger charge is 2.31. The van der Waals surface area contributed by atoms with Gasteiger partial charge in [0.25, 0.3) is 0 Å². The number of anilines is 1. The lowest BCUT2D eigenvalue weighted by Gasteiger charge is -2.24. The van der Waals surface area contributed by atoms with Crippen LogP contribution < -0.4 is 20.3 Å². The van der Waals surface area contributed by atoms with Crippen molar-refractivity contribution in [2.45, 2.75) is 46.4 Å². The van der Waals surface area contributed by atoms with Crippen LogP contribution in [0.3, 0.4) is 0 Å². The van der Waals surface area contributed by atoms with Gasteiger partial charge >= 0.3 is 12.4 Å². The molecule has 1 aromatic heterocycles. The first kappa shape index (κ1) is 32.7. The Morgan fingerprint density at radius 3 is 2.42 bits per heavy atom. The van der Waals surface area contributed by atoms with E-state index >= 15 is 0 Å². The number of alkyl halides is 3. The zero-order valence-corrected chi connectivity index (χ0v) is 25.3. The monoisotopic (exact) mass is 621 g/mol. The molecule has 4 rings (SSSR count). The van der Waals surface area contributed by atoms with Gasteiger partial charge in [0.15, 0.2) is 5.82 Å².